The minimum atomic E-state index is -0.973. The van der Waals surface area contributed by atoms with Crippen LogP contribution in [-0.2, 0) is 29.0 Å². The van der Waals surface area contributed by atoms with E-state index in [9.17, 15) is 9.70 Å². The van der Waals surface area contributed by atoms with Crippen LogP contribution in [0, 0.1) is 10.7 Å². The fraction of sp³-hybridized carbons (Fsp3) is 0.406. The van der Waals surface area contributed by atoms with E-state index in [0.717, 1.165) is 79.7 Å². The second-order valence-electron chi connectivity index (χ2n) is 11.1. The summed E-state index contributed by atoms with van der Waals surface area (Å²) in [6.45, 7) is 5.37. The van der Waals surface area contributed by atoms with Crippen molar-refractivity contribution in [2.24, 2.45) is 5.18 Å². The van der Waals surface area contributed by atoms with E-state index in [-0.39, 0.29) is 23.9 Å². The van der Waals surface area contributed by atoms with Crippen LogP contribution in [0.15, 0.2) is 59.1 Å². The van der Waals surface area contributed by atoms with Gasteiger partial charge in [0, 0.05) is 48.7 Å². The van der Waals surface area contributed by atoms with Crippen molar-refractivity contribution in [2.45, 2.75) is 58.2 Å². The molecule has 0 N–H and O–H groups in total. The molecule has 0 saturated carbocycles. The molecule has 3 aromatic rings. The number of allylic oxidation sites excluding steroid dienone is 3. The van der Waals surface area contributed by atoms with Gasteiger partial charge >= 0.3 is 5.91 Å². The summed E-state index contributed by atoms with van der Waals surface area (Å²) in [6.07, 6.45) is 7.79. The predicted molar refractivity (Wildman–Crippen MR) is 157 cm³/mol. The van der Waals surface area contributed by atoms with Gasteiger partial charge in [-0.2, -0.15) is 9.78 Å². The molecule has 1 aromatic carbocycles. The highest BCUT2D eigenvalue weighted by Crippen LogP contribution is 2.35. The average molecular weight is 588 g/mol. The summed E-state index contributed by atoms with van der Waals surface area (Å²) in [5.74, 6) is 0.0322. The van der Waals surface area contributed by atoms with Crippen LogP contribution in [-0.4, -0.2) is 58.5 Å². The number of ether oxygens (including phenoxy) is 3. The number of nitrogens with zero attached hydrogens (tertiary/aromatic N) is 5. The molecule has 0 spiro atoms. The Hall–Kier alpha value is -4.22. The second-order valence-corrected chi connectivity index (χ2v) is 11.1. The zero-order chi connectivity index (χ0) is 29.9. The number of methoxy groups -OCH3 is 1. The number of fused-ring (bicyclic) bond motifs is 1. The molecule has 0 atom stereocenters. The molecule has 1 amide bonds. The highest BCUT2D eigenvalue weighted by atomic mass is 19.1. The van der Waals surface area contributed by atoms with Crippen molar-refractivity contribution in [3.63, 3.8) is 0 Å². The maximum Gasteiger partial charge on any atom is 0.323 e. The maximum absolute atomic E-state index is 15.4. The number of amides is 1. The third-order valence-corrected chi connectivity index (χ3v) is 8.43. The number of benzene rings is 1. The van der Waals surface area contributed by atoms with Crippen LogP contribution in [0.2, 0.25) is 0 Å². The number of nitroso groups, excluding NO2 is 1. The first-order chi connectivity index (χ1) is 21.0. The third-order valence-electron chi connectivity index (χ3n) is 8.43. The molecule has 0 radical (unpaired) electrons. The Morgan fingerprint density at radius 2 is 2.05 bits per heavy atom. The van der Waals surface area contributed by atoms with Crippen molar-refractivity contribution >= 4 is 11.5 Å². The van der Waals surface area contributed by atoms with Gasteiger partial charge in [0.1, 0.15) is 23.7 Å². The van der Waals surface area contributed by atoms with E-state index in [2.05, 4.69) is 27.3 Å². The standard InChI is InChI=1S/C32H34FN5O5/c1-20-5-3-6-24(28-7-4-8-29(35-28)38-32(41-2)25(17-34-38)31(39)36-40)30(20)43-19-21-15-22-9-12-37(18-26(22)27(33)16-21)23-10-13-42-14-11-23/h4,6-8,15-17,23H,3,5,9-14,18-19H2,1-2H3. The number of hydrogen-bond acceptors (Lipinski definition) is 8. The molecule has 11 heteroatoms. The molecule has 4 heterocycles. The Bertz CT molecular complexity index is 1610. The van der Waals surface area contributed by atoms with Crippen LogP contribution in [0.5, 0.6) is 5.88 Å². The van der Waals surface area contributed by atoms with Gasteiger partial charge in [0.25, 0.3) is 0 Å². The van der Waals surface area contributed by atoms with E-state index in [4.69, 9.17) is 19.2 Å². The van der Waals surface area contributed by atoms with E-state index in [1.807, 2.05) is 19.1 Å². The van der Waals surface area contributed by atoms with E-state index in [0.29, 0.717) is 29.9 Å². The van der Waals surface area contributed by atoms with Crippen molar-refractivity contribution in [3.8, 4) is 11.7 Å². The van der Waals surface area contributed by atoms with Crippen LogP contribution < -0.4 is 4.74 Å². The van der Waals surface area contributed by atoms with Gasteiger partial charge < -0.3 is 14.2 Å². The van der Waals surface area contributed by atoms with Crippen molar-refractivity contribution in [1.29, 1.82) is 0 Å². The molecule has 43 heavy (non-hydrogen) atoms. The molecule has 1 saturated heterocycles. The molecule has 10 nitrogen and oxygen atoms in total. The zero-order valence-electron chi connectivity index (χ0n) is 24.3. The minimum Gasteiger partial charge on any atom is -0.488 e. The van der Waals surface area contributed by atoms with Crippen LogP contribution >= 0.6 is 0 Å². The summed E-state index contributed by atoms with van der Waals surface area (Å²) >= 11 is 0. The van der Waals surface area contributed by atoms with Crippen LogP contribution in [0.4, 0.5) is 4.39 Å². The second kappa shape index (κ2) is 12.6. The van der Waals surface area contributed by atoms with Crippen molar-refractivity contribution in [2.75, 3.05) is 26.9 Å². The Balaban J connectivity index is 1.21. The van der Waals surface area contributed by atoms with Gasteiger partial charge in [-0.05, 0) is 73.9 Å². The molecule has 1 fully saturated rings. The fourth-order valence-corrected chi connectivity index (χ4v) is 6.18. The highest BCUT2D eigenvalue weighted by molar-refractivity contribution is 5.97. The fourth-order valence-electron chi connectivity index (χ4n) is 6.18. The molecule has 0 bridgehead atoms. The summed E-state index contributed by atoms with van der Waals surface area (Å²) in [5.41, 5.74) is 5.15. The van der Waals surface area contributed by atoms with E-state index < -0.39 is 5.91 Å². The summed E-state index contributed by atoms with van der Waals surface area (Å²) in [7, 11) is 1.38. The van der Waals surface area contributed by atoms with Gasteiger partial charge in [-0.3, -0.25) is 9.69 Å². The maximum atomic E-state index is 15.4. The van der Waals surface area contributed by atoms with Gasteiger partial charge in [0.15, 0.2) is 5.82 Å². The SMILES string of the molecule is COc1c(C(=O)N=O)cnn1-c1cccc(C2=CCCC(C)=C2OCc2cc(F)c3c(c2)CCN(C2CCOCC2)C3)n1. The van der Waals surface area contributed by atoms with Gasteiger partial charge in [-0.1, -0.05) is 18.2 Å². The van der Waals surface area contributed by atoms with E-state index >= 15 is 4.39 Å². The Morgan fingerprint density at radius 1 is 1.21 bits per heavy atom. The Morgan fingerprint density at radius 3 is 2.84 bits per heavy atom. The first kappa shape index (κ1) is 28.9. The number of pyridine rings is 1. The molecule has 3 aliphatic rings. The number of carbonyl (C=O) groups is 1. The number of halogens is 1. The van der Waals surface area contributed by atoms with Gasteiger partial charge in [0.05, 0.1) is 19.0 Å². The first-order valence-corrected chi connectivity index (χ1v) is 14.6. The number of aromatic nitrogens is 3. The Labute approximate surface area is 249 Å². The van der Waals surface area contributed by atoms with Gasteiger partial charge in [-0.15, -0.1) is 4.91 Å². The van der Waals surface area contributed by atoms with Crippen molar-refractivity contribution in [1.82, 2.24) is 19.7 Å². The van der Waals surface area contributed by atoms with Crippen LogP contribution in [0.1, 0.15) is 65.3 Å². The molecule has 2 aromatic heterocycles. The molecule has 6 rings (SSSR count). The van der Waals surface area contributed by atoms with Crippen LogP contribution in [0.3, 0.4) is 0 Å². The lowest BCUT2D eigenvalue weighted by Gasteiger charge is -2.37. The molecular weight excluding hydrogens is 553 g/mol. The number of hydrogen-bond donors (Lipinski definition) is 0. The lowest BCUT2D eigenvalue weighted by molar-refractivity contribution is 0.0285. The summed E-state index contributed by atoms with van der Waals surface area (Å²) in [4.78, 5) is 29.9. The minimum absolute atomic E-state index is 0.0464. The van der Waals surface area contributed by atoms with Gasteiger partial charge in [0.2, 0.25) is 5.88 Å². The van der Waals surface area contributed by atoms with Crippen molar-refractivity contribution < 1.29 is 23.4 Å². The van der Waals surface area contributed by atoms with Crippen LogP contribution in [0.25, 0.3) is 11.4 Å². The highest BCUT2D eigenvalue weighted by Gasteiger charge is 2.28. The number of carbonyl (C=O) groups excluding carboxylic acids is 1. The van der Waals surface area contributed by atoms with E-state index in [1.54, 1.807) is 12.1 Å². The molecule has 224 valence electrons. The van der Waals surface area contributed by atoms with Crippen molar-refractivity contribution in [3.05, 3.63) is 92.6 Å². The monoisotopic (exact) mass is 587 g/mol. The summed E-state index contributed by atoms with van der Waals surface area (Å²) < 4.78 is 34.0. The molecule has 1 aliphatic carbocycles. The smallest absolute Gasteiger partial charge is 0.323 e. The largest absolute Gasteiger partial charge is 0.488 e. The van der Waals surface area contributed by atoms with Gasteiger partial charge in [-0.25, -0.2) is 9.37 Å². The lowest BCUT2D eigenvalue weighted by Crippen LogP contribution is -2.42. The number of rotatable bonds is 8. The molecule has 2 aliphatic heterocycles. The molecule has 0 unspecified atom stereocenters. The predicted octanol–water partition coefficient (Wildman–Crippen LogP) is 5.53. The lowest BCUT2D eigenvalue weighted by atomic mass is 9.94. The average Bonchev–Trinajstić information content (AvgIpc) is 3.48. The first-order valence-electron chi connectivity index (χ1n) is 14.6. The Kier molecular flexibility index (Phi) is 8.44. The molecular formula is C32H34FN5O5. The third kappa shape index (κ3) is 5.87. The normalized spacial score (nSPS) is 17.8. The zero-order valence-corrected chi connectivity index (χ0v) is 24.3. The quantitative estimate of drug-likeness (QED) is 0.317. The van der Waals surface area contributed by atoms with E-state index in [1.165, 1.54) is 18.0 Å². The summed E-state index contributed by atoms with van der Waals surface area (Å²) in [5, 5.41) is 6.68. The topological polar surface area (TPSA) is 108 Å². The summed E-state index contributed by atoms with van der Waals surface area (Å²) in [6, 6.07) is 9.55.